The zero-order valence-electron chi connectivity index (χ0n) is 16.8. The first kappa shape index (κ1) is 20.3. The van der Waals surface area contributed by atoms with Crippen molar-refractivity contribution in [3.8, 4) is 0 Å². The molecule has 4 atom stereocenters. The number of aromatic nitrogens is 1. The Hall–Kier alpha value is -2.44. The number of ether oxygens (including phenoxy) is 1. The van der Waals surface area contributed by atoms with Gasteiger partial charge in [-0.05, 0) is 31.0 Å². The third-order valence-electron chi connectivity index (χ3n) is 5.16. The van der Waals surface area contributed by atoms with Gasteiger partial charge in [0.25, 0.3) is 0 Å². The molecule has 2 aromatic rings. The number of carbonyl (C=O) groups is 1. The Morgan fingerprint density at radius 3 is 2.50 bits per heavy atom. The monoisotopic (exact) mass is 382 g/mol. The van der Waals surface area contributed by atoms with E-state index in [1.165, 1.54) is 0 Å². The molecule has 0 aliphatic carbocycles. The molecule has 4 unspecified atom stereocenters. The highest BCUT2D eigenvalue weighted by molar-refractivity contribution is 5.79. The minimum absolute atomic E-state index is 0.0590. The maximum absolute atomic E-state index is 12.5. The Labute approximate surface area is 167 Å². The van der Waals surface area contributed by atoms with Gasteiger partial charge in [-0.3, -0.25) is 4.79 Å². The number of morpholine rings is 1. The Morgan fingerprint density at radius 2 is 1.89 bits per heavy atom. The van der Waals surface area contributed by atoms with E-state index in [-0.39, 0.29) is 30.1 Å². The molecule has 0 saturated carbocycles. The van der Waals surface area contributed by atoms with Crippen molar-refractivity contribution in [3.63, 3.8) is 0 Å². The number of nitrogens with two attached hydrogens (primary N) is 1. The summed E-state index contributed by atoms with van der Waals surface area (Å²) in [4.78, 5) is 19.3. The standard InChI is InChI=1S/C22H30N4O2/c1-15-13-26(14-16(2)28-15)20-10-9-18(11-24-20)12-25-22(27)17(3)21(23)19-7-5-4-6-8-19/h4-11,15-17,21H,12-14,23H2,1-3H3,(H,25,27). The number of carbonyl (C=O) groups excluding carboxylic acids is 1. The van der Waals surface area contributed by atoms with Crippen molar-refractivity contribution < 1.29 is 9.53 Å². The predicted molar refractivity (Wildman–Crippen MR) is 111 cm³/mol. The maximum atomic E-state index is 12.5. The molecule has 0 radical (unpaired) electrons. The average molecular weight is 383 g/mol. The molecule has 1 aliphatic heterocycles. The van der Waals surface area contributed by atoms with E-state index in [1.54, 1.807) is 0 Å². The van der Waals surface area contributed by atoms with Crippen LogP contribution in [0.1, 0.15) is 37.9 Å². The quantitative estimate of drug-likeness (QED) is 0.803. The summed E-state index contributed by atoms with van der Waals surface area (Å²) in [6, 6.07) is 13.4. The van der Waals surface area contributed by atoms with Crippen LogP contribution in [0.3, 0.4) is 0 Å². The molecule has 1 amide bonds. The molecule has 6 heteroatoms. The van der Waals surface area contributed by atoms with E-state index < -0.39 is 0 Å². The highest BCUT2D eigenvalue weighted by Crippen LogP contribution is 2.20. The molecule has 3 rings (SSSR count). The van der Waals surface area contributed by atoms with Crippen molar-refractivity contribution in [2.75, 3.05) is 18.0 Å². The molecule has 150 valence electrons. The maximum Gasteiger partial charge on any atom is 0.225 e. The number of nitrogens with zero attached hydrogens (tertiary/aromatic N) is 2. The summed E-state index contributed by atoms with van der Waals surface area (Å²) in [5, 5.41) is 2.97. The fourth-order valence-corrected chi connectivity index (χ4v) is 3.55. The Morgan fingerprint density at radius 1 is 1.21 bits per heavy atom. The van der Waals surface area contributed by atoms with E-state index in [1.807, 2.05) is 55.6 Å². The van der Waals surface area contributed by atoms with Gasteiger partial charge in [-0.2, -0.15) is 0 Å². The van der Waals surface area contributed by atoms with Gasteiger partial charge in [-0.25, -0.2) is 4.98 Å². The molecule has 1 fully saturated rings. The zero-order chi connectivity index (χ0) is 20.1. The van der Waals surface area contributed by atoms with Gasteiger partial charge in [0.15, 0.2) is 0 Å². The smallest absolute Gasteiger partial charge is 0.225 e. The SMILES string of the molecule is CC1CN(c2ccc(CNC(=O)C(C)C(N)c3ccccc3)cn2)CC(C)O1. The lowest BCUT2D eigenvalue weighted by molar-refractivity contribution is -0.125. The van der Waals surface area contributed by atoms with Gasteiger partial charge in [-0.1, -0.05) is 43.3 Å². The summed E-state index contributed by atoms with van der Waals surface area (Å²) in [6.07, 6.45) is 2.21. The first-order valence-electron chi connectivity index (χ1n) is 9.87. The Balaban J connectivity index is 1.53. The largest absolute Gasteiger partial charge is 0.372 e. The van der Waals surface area contributed by atoms with Crippen LogP contribution in [-0.2, 0) is 16.1 Å². The molecule has 3 N–H and O–H groups in total. The van der Waals surface area contributed by atoms with Crippen LogP contribution in [0.15, 0.2) is 48.7 Å². The van der Waals surface area contributed by atoms with Gasteiger partial charge >= 0.3 is 0 Å². The summed E-state index contributed by atoms with van der Waals surface area (Å²) >= 11 is 0. The normalized spacial score (nSPS) is 21.8. The third-order valence-corrected chi connectivity index (χ3v) is 5.16. The van der Waals surface area contributed by atoms with Crippen LogP contribution in [0.2, 0.25) is 0 Å². The molecular weight excluding hydrogens is 352 g/mol. The molecule has 1 aromatic carbocycles. The van der Waals surface area contributed by atoms with Gasteiger partial charge in [-0.15, -0.1) is 0 Å². The van der Waals surface area contributed by atoms with Gasteiger partial charge in [0.1, 0.15) is 5.82 Å². The van der Waals surface area contributed by atoms with Crippen LogP contribution in [0.5, 0.6) is 0 Å². The predicted octanol–water partition coefficient (Wildman–Crippen LogP) is 2.65. The van der Waals surface area contributed by atoms with E-state index in [0.717, 1.165) is 30.0 Å². The summed E-state index contributed by atoms with van der Waals surface area (Å²) in [7, 11) is 0. The first-order valence-corrected chi connectivity index (χ1v) is 9.87. The van der Waals surface area contributed by atoms with Gasteiger partial charge in [0, 0.05) is 31.9 Å². The number of anilines is 1. The number of pyridine rings is 1. The Bertz CT molecular complexity index is 756. The van der Waals surface area contributed by atoms with E-state index in [0.29, 0.717) is 6.54 Å². The second-order valence-electron chi connectivity index (χ2n) is 7.63. The number of benzene rings is 1. The fraction of sp³-hybridized carbons (Fsp3) is 0.455. The van der Waals surface area contributed by atoms with Crippen LogP contribution in [0.25, 0.3) is 0 Å². The minimum atomic E-state index is -0.327. The lowest BCUT2D eigenvalue weighted by Crippen LogP contribution is -2.45. The fourth-order valence-electron chi connectivity index (χ4n) is 3.55. The lowest BCUT2D eigenvalue weighted by Gasteiger charge is -2.36. The minimum Gasteiger partial charge on any atom is -0.372 e. The highest BCUT2D eigenvalue weighted by atomic mass is 16.5. The van der Waals surface area contributed by atoms with Gasteiger partial charge in [0.2, 0.25) is 5.91 Å². The second kappa shape index (κ2) is 9.17. The molecule has 1 saturated heterocycles. The summed E-state index contributed by atoms with van der Waals surface area (Å²) in [5.74, 6) is 0.568. The van der Waals surface area contributed by atoms with Crippen molar-refractivity contribution in [3.05, 3.63) is 59.8 Å². The molecule has 2 heterocycles. The van der Waals surface area contributed by atoms with Crippen LogP contribution in [0, 0.1) is 5.92 Å². The molecule has 28 heavy (non-hydrogen) atoms. The Kier molecular flexibility index (Phi) is 6.65. The highest BCUT2D eigenvalue weighted by Gasteiger charge is 2.23. The number of hydrogen-bond acceptors (Lipinski definition) is 5. The summed E-state index contributed by atoms with van der Waals surface area (Å²) in [5.41, 5.74) is 8.17. The second-order valence-corrected chi connectivity index (χ2v) is 7.63. The number of nitrogens with one attached hydrogen (secondary N) is 1. The topological polar surface area (TPSA) is 80.5 Å². The zero-order valence-corrected chi connectivity index (χ0v) is 16.8. The van der Waals surface area contributed by atoms with Crippen LogP contribution in [-0.4, -0.2) is 36.2 Å². The average Bonchev–Trinajstić information content (AvgIpc) is 2.71. The van der Waals surface area contributed by atoms with Crippen molar-refractivity contribution in [1.29, 1.82) is 0 Å². The molecule has 6 nitrogen and oxygen atoms in total. The first-order chi connectivity index (χ1) is 13.4. The van der Waals surface area contributed by atoms with Gasteiger partial charge < -0.3 is 20.7 Å². The third kappa shape index (κ3) is 5.09. The number of amides is 1. The lowest BCUT2D eigenvalue weighted by atomic mass is 9.94. The molecular formula is C22H30N4O2. The van der Waals surface area contributed by atoms with E-state index in [9.17, 15) is 4.79 Å². The van der Waals surface area contributed by atoms with E-state index >= 15 is 0 Å². The summed E-state index contributed by atoms with van der Waals surface area (Å²) < 4.78 is 5.77. The van der Waals surface area contributed by atoms with Crippen molar-refractivity contribution in [1.82, 2.24) is 10.3 Å². The molecule has 1 aliphatic rings. The molecule has 0 bridgehead atoms. The number of rotatable bonds is 6. The van der Waals surface area contributed by atoms with Crippen molar-refractivity contribution in [2.45, 2.75) is 45.6 Å². The van der Waals surface area contributed by atoms with E-state index in [2.05, 4.69) is 29.0 Å². The van der Waals surface area contributed by atoms with Crippen LogP contribution < -0.4 is 16.0 Å². The van der Waals surface area contributed by atoms with Crippen LogP contribution in [0.4, 0.5) is 5.82 Å². The number of hydrogen-bond donors (Lipinski definition) is 2. The summed E-state index contributed by atoms with van der Waals surface area (Å²) in [6.45, 7) is 8.12. The van der Waals surface area contributed by atoms with Gasteiger partial charge in [0.05, 0.1) is 18.1 Å². The van der Waals surface area contributed by atoms with E-state index in [4.69, 9.17) is 10.5 Å². The van der Waals surface area contributed by atoms with Crippen molar-refractivity contribution >= 4 is 11.7 Å². The van der Waals surface area contributed by atoms with Crippen LogP contribution >= 0.6 is 0 Å². The molecule has 1 aromatic heterocycles. The molecule has 0 spiro atoms. The van der Waals surface area contributed by atoms with Crippen molar-refractivity contribution in [2.24, 2.45) is 11.7 Å².